The van der Waals surface area contributed by atoms with Gasteiger partial charge in [0.15, 0.2) is 0 Å². The Morgan fingerprint density at radius 2 is 0.756 bits per heavy atom. The van der Waals surface area contributed by atoms with E-state index in [1.807, 2.05) is 0 Å². The SMILES string of the molecule is CCCCCCCCCCCCCCCCCC(CCCC)C(F)(F)C(F)(F)C(F)(F)C(F)(F)C(F)(F)[Si](Cl)(Cl)Cl. The lowest BCUT2D eigenvalue weighted by Crippen LogP contribution is -2.71. The van der Waals surface area contributed by atoms with Crippen molar-refractivity contribution in [3.8, 4) is 0 Å². The summed E-state index contributed by atoms with van der Waals surface area (Å²) in [6.07, 6.45) is 13.3. The minimum Gasteiger partial charge on any atom is -0.200 e. The van der Waals surface area contributed by atoms with Gasteiger partial charge in [0, 0.05) is 5.92 Å². The molecule has 0 saturated heterocycles. The van der Waals surface area contributed by atoms with Gasteiger partial charge in [-0.05, 0) is 12.8 Å². The fourth-order valence-electron chi connectivity index (χ4n) is 4.76. The van der Waals surface area contributed by atoms with E-state index >= 15 is 0 Å². The van der Waals surface area contributed by atoms with Crippen LogP contribution in [0.15, 0.2) is 0 Å². The molecule has 0 aromatic heterocycles. The maximum absolute atomic E-state index is 14.9. The molecule has 248 valence electrons. The molecule has 0 amide bonds. The normalized spacial score (nSPS) is 15.0. The van der Waals surface area contributed by atoms with Crippen LogP contribution in [-0.2, 0) is 0 Å². The molecular weight excluding hydrogens is 649 g/mol. The quantitative estimate of drug-likeness (QED) is 0.0386. The van der Waals surface area contributed by atoms with Gasteiger partial charge in [0.1, 0.15) is 0 Å². The van der Waals surface area contributed by atoms with E-state index in [-0.39, 0.29) is 19.3 Å². The van der Waals surface area contributed by atoms with Crippen molar-refractivity contribution in [2.75, 3.05) is 0 Å². The van der Waals surface area contributed by atoms with Crippen LogP contribution in [0.4, 0.5) is 43.9 Å². The molecule has 0 spiro atoms. The van der Waals surface area contributed by atoms with Gasteiger partial charge >= 0.3 is 35.2 Å². The molecule has 0 aliphatic heterocycles. The zero-order chi connectivity index (χ0) is 32.0. The Morgan fingerprint density at radius 1 is 0.439 bits per heavy atom. The molecule has 41 heavy (non-hydrogen) atoms. The first-order valence-corrected chi connectivity index (χ1v) is 19.8. The van der Waals surface area contributed by atoms with E-state index in [2.05, 4.69) is 6.92 Å². The van der Waals surface area contributed by atoms with Crippen molar-refractivity contribution in [2.45, 2.75) is 165 Å². The van der Waals surface area contributed by atoms with Crippen molar-refractivity contribution >= 4 is 39.2 Å². The molecule has 0 saturated carbocycles. The first-order valence-electron chi connectivity index (χ1n) is 14.7. The molecule has 0 nitrogen and oxygen atoms in total. The Hall–Kier alpha value is 0.387. The second-order valence-corrected chi connectivity index (χ2v) is 19.5. The van der Waals surface area contributed by atoms with Gasteiger partial charge in [0.2, 0.25) is 0 Å². The topological polar surface area (TPSA) is 0 Å². The summed E-state index contributed by atoms with van der Waals surface area (Å²) in [6, 6.07) is -6.10. The van der Waals surface area contributed by atoms with E-state index in [1.54, 1.807) is 0 Å². The second-order valence-electron chi connectivity index (χ2n) is 11.0. The van der Waals surface area contributed by atoms with Gasteiger partial charge in [0.25, 0.3) is 0 Å². The van der Waals surface area contributed by atoms with Crippen molar-refractivity contribution in [1.29, 1.82) is 0 Å². The molecular formula is C27H45Cl3F10Si. The van der Waals surface area contributed by atoms with Crippen LogP contribution in [0.5, 0.6) is 0 Å². The average Bonchev–Trinajstić information content (AvgIpc) is 2.86. The first kappa shape index (κ1) is 41.4. The van der Waals surface area contributed by atoms with Crippen molar-refractivity contribution in [3.05, 3.63) is 0 Å². The van der Waals surface area contributed by atoms with Gasteiger partial charge in [-0.1, -0.05) is 123 Å². The van der Waals surface area contributed by atoms with Crippen LogP contribution in [0.25, 0.3) is 0 Å². The summed E-state index contributed by atoms with van der Waals surface area (Å²) >= 11 is 14.3. The summed E-state index contributed by atoms with van der Waals surface area (Å²) in [6.45, 7) is 3.71. The highest BCUT2D eigenvalue weighted by atomic mass is 35.8. The van der Waals surface area contributed by atoms with E-state index in [9.17, 15) is 43.9 Å². The minimum absolute atomic E-state index is 0.0305. The summed E-state index contributed by atoms with van der Waals surface area (Å²) < 4.78 is 143. The summed E-state index contributed by atoms with van der Waals surface area (Å²) in [4.78, 5) is 0. The summed E-state index contributed by atoms with van der Waals surface area (Å²) in [5.74, 6) is -29.3. The number of halogens is 13. The highest BCUT2D eigenvalue weighted by molar-refractivity contribution is 7.65. The van der Waals surface area contributed by atoms with Gasteiger partial charge in [0.05, 0.1) is 0 Å². The molecule has 0 radical (unpaired) electrons. The highest BCUT2D eigenvalue weighted by Crippen LogP contribution is 2.62. The average molecular weight is 694 g/mol. The first-order chi connectivity index (χ1) is 18.8. The number of hydrogen-bond donors (Lipinski definition) is 0. The lowest BCUT2D eigenvalue weighted by atomic mass is 9.83. The molecule has 1 unspecified atom stereocenters. The molecule has 14 heteroatoms. The minimum atomic E-state index is -7.20. The van der Waals surface area contributed by atoms with Crippen LogP contribution in [0.2, 0.25) is 0 Å². The predicted octanol–water partition coefficient (Wildman–Crippen LogP) is 13.4. The predicted molar refractivity (Wildman–Crippen MR) is 151 cm³/mol. The Labute approximate surface area is 253 Å². The lowest BCUT2D eigenvalue weighted by molar-refractivity contribution is -0.398. The van der Waals surface area contributed by atoms with E-state index < -0.39 is 54.0 Å². The van der Waals surface area contributed by atoms with Gasteiger partial charge in [-0.3, -0.25) is 0 Å². The summed E-state index contributed by atoms with van der Waals surface area (Å²) in [5, 5.41) is 0. The Bertz CT molecular complexity index is 703. The van der Waals surface area contributed by atoms with E-state index in [1.165, 1.54) is 51.9 Å². The third kappa shape index (κ3) is 11.4. The zero-order valence-electron chi connectivity index (χ0n) is 23.9. The monoisotopic (exact) mass is 692 g/mol. The number of hydrogen-bond acceptors (Lipinski definition) is 0. The maximum atomic E-state index is 14.9. The Balaban J connectivity index is 4.94. The molecule has 0 aliphatic rings. The summed E-state index contributed by atoms with van der Waals surface area (Å²) in [5.41, 5.74) is -6.25. The van der Waals surface area contributed by atoms with Gasteiger partial charge in [-0.15, -0.1) is 33.2 Å². The zero-order valence-corrected chi connectivity index (χ0v) is 27.2. The standard InChI is InChI=1S/C27H45Cl3F10Si/c1-3-5-7-8-9-10-11-12-13-14-15-16-17-18-19-21-22(20-6-4-2)23(31,32)24(33,34)25(35,36)26(37,38)27(39,40)41(28,29)30/h22H,3-21H2,1-2H3. The molecule has 1 atom stereocenters. The summed E-state index contributed by atoms with van der Waals surface area (Å²) in [7, 11) is 0. The molecule has 0 fully saturated rings. The largest absolute Gasteiger partial charge is 0.424 e. The van der Waals surface area contributed by atoms with E-state index in [4.69, 9.17) is 33.2 Å². The molecule has 0 aromatic carbocycles. The van der Waals surface area contributed by atoms with Crippen molar-refractivity contribution in [2.24, 2.45) is 5.92 Å². The van der Waals surface area contributed by atoms with Gasteiger partial charge in [-0.2, -0.15) is 43.9 Å². The third-order valence-corrected chi connectivity index (χ3v) is 10.7. The smallest absolute Gasteiger partial charge is 0.200 e. The van der Waals surface area contributed by atoms with Crippen molar-refractivity contribution in [3.63, 3.8) is 0 Å². The van der Waals surface area contributed by atoms with Crippen LogP contribution in [0, 0.1) is 5.92 Å². The van der Waals surface area contributed by atoms with Crippen LogP contribution in [0.1, 0.15) is 136 Å². The fraction of sp³-hybridized carbons (Fsp3) is 1.00. The van der Waals surface area contributed by atoms with Gasteiger partial charge < -0.3 is 0 Å². The van der Waals surface area contributed by atoms with Crippen LogP contribution < -0.4 is 0 Å². The fourth-order valence-corrected chi connectivity index (χ4v) is 6.34. The highest BCUT2D eigenvalue weighted by Gasteiger charge is 2.89. The van der Waals surface area contributed by atoms with Crippen molar-refractivity contribution < 1.29 is 43.9 Å². The Kier molecular flexibility index (Phi) is 18.6. The van der Waals surface area contributed by atoms with Crippen LogP contribution in [0.3, 0.4) is 0 Å². The molecule has 0 bridgehead atoms. The molecule has 0 rings (SSSR count). The molecule has 0 N–H and O–H groups in total. The van der Waals surface area contributed by atoms with Crippen molar-refractivity contribution in [1.82, 2.24) is 0 Å². The molecule has 0 aromatic rings. The Morgan fingerprint density at radius 3 is 1.10 bits per heavy atom. The molecule has 0 heterocycles. The van der Waals surface area contributed by atoms with E-state index in [0.29, 0.717) is 12.8 Å². The maximum Gasteiger partial charge on any atom is 0.424 e. The third-order valence-electron chi connectivity index (χ3n) is 7.53. The van der Waals surface area contributed by atoms with Crippen LogP contribution in [-0.4, -0.2) is 35.2 Å². The second kappa shape index (κ2) is 18.4. The van der Waals surface area contributed by atoms with Gasteiger partial charge in [-0.25, -0.2) is 0 Å². The number of rotatable bonds is 25. The number of alkyl halides is 10. The van der Waals surface area contributed by atoms with Crippen LogP contribution >= 0.6 is 33.2 Å². The molecule has 0 aliphatic carbocycles. The van der Waals surface area contributed by atoms with E-state index in [0.717, 1.165) is 32.1 Å². The lowest BCUT2D eigenvalue weighted by Gasteiger charge is -2.42. The number of unbranched alkanes of at least 4 members (excludes halogenated alkanes) is 15.